The second-order valence-electron chi connectivity index (χ2n) is 7.01. The predicted molar refractivity (Wildman–Crippen MR) is 89.6 cm³/mol. The highest BCUT2D eigenvalue weighted by molar-refractivity contribution is 8.00. The van der Waals surface area contributed by atoms with E-state index in [9.17, 15) is 9.59 Å². The number of ether oxygens (including phenoxy) is 4. The average molecular weight is 400 g/mol. The van der Waals surface area contributed by atoms with Gasteiger partial charge in [-0.15, -0.1) is 11.8 Å². The third-order valence-corrected chi connectivity index (χ3v) is 7.22. The van der Waals surface area contributed by atoms with Crippen molar-refractivity contribution in [1.29, 1.82) is 0 Å². The Bertz CT molecular complexity index is 804. The number of esters is 1. The first-order valence-electron chi connectivity index (χ1n) is 8.50. The standard InChI is InChI=1S/C18H18F2O6S/c1-4-23-13(21)17-16(3)15(2,25-14(22)26-17)12(11(24-16)18(17,19)20)27-10-8-6-5-7-9-10/h5-9,11-12H,4H2,1-3H3/t11-,12+,15-,16+,17-/m1/s1. The molecule has 0 aromatic heterocycles. The molecule has 1 aromatic rings. The molecule has 6 nitrogen and oxygen atoms in total. The zero-order valence-electron chi connectivity index (χ0n) is 14.9. The average Bonchev–Trinajstić information content (AvgIpc) is 2.94. The van der Waals surface area contributed by atoms with Gasteiger partial charge in [-0.25, -0.2) is 9.59 Å². The molecule has 0 aliphatic carbocycles. The maximum absolute atomic E-state index is 15.5. The van der Waals surface area contributed by atoms with Crippen molar-refractivity contribution >= 4 is 23.9 Å². The zero-order chi connectivity index (χ0) is 19.7. The van der Waals surface area contributed by atoms with E-state index < -0.39 is 46.2 Å². The highest BCUT2D eigenvalue weighted by atomic mass is 32.2. The van der Waals surface area contributed by atoms with Gasteiger partial charge in [0.15, 0.2) is 11.2 Å². The van der Waals surface area contributed by atoms with Gasteiger partial charge in [-0.05, 0) is 32.9 Å². The molecule has 27 heavy (non-hydrogen) atoms. The normalized spacial score (nSPS) is 41.0. The molecule has 3 fully saturated rings. The monoisotopic (exact) mass is 400 g/mol. The van der Waals surface area contributed by atoms with Crippen molar-refractivity contribution in [2.45, 2.75) is 59.7 Å². The molecule has 5 atom stereocenters. The number of alkyl halides is 2. The lowest BCUT2D eigenvalue weighted by atomic mass is 9.63. The Morgan fingerprint density at radius 3 is 2.52 bits per heavy atom. The summed E-state index contributed by atoms with van der Waals surface area (Å²) < 4.78 is 51.8. The van der Waals surface area contributed by atoms with Crippen LogP contribution in [0, 0.1) is 0 Å². The van der Waals surface area contributed by atoms with Crippen LogP contribution in [-0.4, -0.2) is 52.8 Å². The maximum Gasteiger partial charge on any atom is 0.510 e. The minimum absolute atomic E-state index is 0.144. The van der Waals surface area contributed by atoms with Crippen molar-refractivity contribution in [1.82, 2.24) is 0 Å². The first-order valence-corrected chi connectivity index (χ1v) is 9.38. The first kappa shape index (κ1) is 18.5. The van der Waals surface area contributed by atoms with E-state index >= 15 is 8.78 Å². The summed E-state index contributed by atoms with van der Waals surface area (Å²) >= 11 is 1.12. The fourth-order valence-electron chi connectivity index (χ4n) is 4.27. The summed E-state index contributed by atoms with van der Waals surface area (Å²) in [5.41, 5.74) is -6.33. The van der Waals surface area contributed by atoms with E-state index in [-0.39, 0.29) is 6.61 Å². The Morgan fingerprint density at radius 1 is 1.22 bits per heavy atom. The zero-order valence-corrected chi connectivity index (χ0v) is 15.7. The summed E-state index contributed by atoms with van der Waals surface area (Å²) in [4.78, 5) is 25.5. The molecule has 0 saturated carbocycles. The Balaban J connectivity index is 1.85. The van der Waals surface area contributed by atoms with Gasteiger partial charge in [-0.3, -0.25) is 0 Å². The number of carbonyl (C=O) groups excluding carboxylic acids is 2. The van der Waals surface area contributed by atoms with Crippen LogP contribution in [0.15, 0.2) is 35.2 Å². The lowest BCUT2D eigenvalue weighted by Crippen LogP contribution is -2.81. The van der Waals surface area contributed by atoms with Gasteiger partial charge in [0.05, 0.1) is 11.9 Å². The van der Waals surface area contributed by atoms with Crippen LogP contribution in [0.2, 0.25) is 0 Å². The third-order valence-electron chi connectivity index (χ3n) is 5.73. The van der Waals surface area contributed by atoms with E-state index in [0.717, 1.165) is 11.8 Å². The van der Waals surface area contributed by atoms with E-state index in [0.29, 0.717) is 4.90 Å². The minimum Gasteiger partial charge on any atom is -0.463 e. The minimum atomic E-state index is -3.79. The second kappa shape index (κ2) is 5.57. The van der Waals surface area contributed by atoms with Crippen molar-refractivity contribution in [3.63, 3.8) is 0 Å². The summed E-state index contributed by atoms with van der Waals surface area (Å²) in [5.74, 6) is -5.12. The van der Waals surface area contributed by atoms with Crippen molar-refractivity contribution in [3.05, 3.63) is 30.3 Å². The molecule has 4 rings (SSSR count). The highest BCUT2D eigenvalue weighted by Crippen LogP contribution is 2.69. The smallest absolute Gasteiger partial charge is 0.463 e. The van der Waals surface area contributed by atoms with Crippen molar-refractivity contribution < 1.29 is 37.3 Å². The molecule has 0 unspecified atom stereocenters. The Kier molecular flexibility index (Phi) is 3.82. The van der Waals surface area contributed by atoms with Gasteiger partial charge >= 0.3 is 23.6 Å². The van der Waals surface area contributed by atoms with E-state index in [1.807, 2.05) is 0 Å². The summed E-state index contributed by atoms with van der Waals surface area (Å²) in [6, 6.07) is 8.88. The molecule has 2 bridgehead atoms. The van der Waals surface area contributed by atoms with Crippen molar-refractivity contribution in [2.24, 2.45) is 0 Å². The summed E-state index contributed by atoms with van der Waals surface area (Å²) in [6.45, 7) is 4.15. The first-order chi connectivity index (χ1) is 12.6. The number of fused-ring (bicyclic) bond motifs is 1. The van der Waals surface area contributed by atoms with E-state index in [4.69, 9.17) is 18.9 Å². The molecule has 0 amide bonds. The van der Waals surface area contributed by atoms with Gasteiger partial charge in [-0.2, -0.15) is 8.78 Å². The summed E-state index contributed by atoms with van der Waals surface area (Å²) in [6.07, 6.45) is -3.04. The van der Waals surface area contributed by atoms with Gasteiger partial charge in [0, 0.05) is 4.90 Å². The molecule has 9 heteroatoms. The molecule has 3 saturated heterocycles. The highest BCUT2D eigenvalue weighted by Gasteiger charge is 2.95. The molecule has 3 aliphatic rings. The van der Waals surface area contributed by atoms with E-state index in [2.05, 4.69) is 0 Å². The van der Waals surface area contributed by atoms with Gasteiger partial charge in [0.25, 0.3) is 0 Å². The number of halogens is 2. The van der Waals surface area contributed by atoms with Gasteiger partial charge in [0.1, 0.15) is 6.10 Å². The summed E-state index contributed by atoms with van der Waals surface area (Å²) in [7, 11) is 0. The Morgan fingerprint density at radius 2 is 1.89 bits per heavy atom. The van der Waals surface area contributed by atoms with Crippen molar-refractivity contribution in [2.75, 3.05) is 6.61 Å². The molecule has 1 aromatic carbocycles. The molecule has 0 radical (unpaired) electrons. The second-order valence-corrected chi connectivity index (χ2v) is 8.22. The van der Waals surface area contributed by atoms with Crippen molar-refractivity contribution in [3.8, 4) is 0 Å². The van der Waals surface area contributed by atoms with Gasteiger partial charge in [-0.1, -0.05) is 18.2 Å². The van der Waals surface area contributed by atoms with Crippen LogP contribution in [0.4, 0.5) is 13.6 Å². The van der Waals surface area contributed by atoms with Crippen LogP contribution in [0.25, 0.3) is 0 Å². The van der Waals surface area contributed by atoms with Crippen LogP contribution >= 0.6 is 11.8 Å². The van der Waals surface area contributed by atoms with Crippen LogP contribution in [-0.2, 0) is 23.7 Å². The number of benzene rings is 1. The number of hydrogen-bond donors (Lipinski definition) is 0. The van der Waals surface area contributed by atoms with Crippen LogP contribution in [0.3, 0.4) is 0 Å². The fourth-order valence-corrected chi connectivity index (χ4v) is 5.73. The van der Waals surface area contributed by atoms with Gasteiger partial charge < -0.3 is 18.9 Å². The lowest BCUT2D eigenvalue weighted by Gasteiger charge is -2.55. The largest absolute Gasteiger partial charge is 0.510 e. The summed E-state index contributed by atoms with van der Waals surface area (Å²) in [5, 5.41) is -0.949. The number of carbonyl (C=O) groups is 2. The molecular formula is C18H18F2O6S. The quantitative estimate of drug-likeness (QED) is 0.719. The number of hydrogen-bond acceptors (Lipinski definition) is 7. The van der Waals surface area contributed by atoms with Crippen LogP contribution < -0.4 is 0 Å². The lowest BCUT2D eigenvalue weighted by molar-refractivity contribution is -0.287. The Hall–Kier alpha value is -1.87. The molecule has 3 heterocycles. The molecule has 0 spiro atoms. The predicted octanol–water partition coefficient (Wildman–Crippen LogP) is 3.18. The maximum atomic E-state index is 15.5. The topological polar surface area (TPSA) is 71.1 Å². The van der Waals surface area contributed by atoms with Gasteiger partial charge in [0.2, 0.25) is 0 Å². The fraction of sp³-hybridized carbons (Fsp3) is 0.556. The SMILES string of the molecule is CCOC(=O)[C@@]12OC(=O)O[C@]3(C)[C@@H](Sc4ccccc4)[C@@H](O[C@@]31C)C2(F)F. The molecule has 3 aliphatic heterocycles. The molecular weight excluding hydrogens is 382 g/mol. The third kappa shape index (κ3) is 1.99. The van der Waals surface area contributed by atoms with E-state index in [1.54, 1.807) is 30.3 Å². The number of rotatable bonds is 4. The molecule has 146 valence electrons. The van der Waals surface area contributed by atoms with Crippen LogP contribution in [0.5, 0.6) is 0 Å². The molecule has 0 N–H and O–H groups in total. The number of thioether (sulfide) groups is 1. The van der Waals surface area contributed by atoms with E-state index in [1.165, 1.54) is 20.8 Å². The Labute approximate surface area is 158 Å². The van der Waals surface area contributed by atoms with Crippen LogP contribution in [0.1, 0.15) is 20.8 Å².